The predicted molar refractivity (Wildman–Crippen MR) is 55.7 cm³/mol. The average Bonchev–Trinajstić information content (AvgIpc) is 2.54. The first-order chi connectivity index (χ1) is 6.08. The largest absolute Gasteiger partial charge is 0.392 e. The molecule has 1 aliphatic carbocycles. The monoisotopic (exact) mass is 185 g/mol. The van der Waals surface area contributed by atoms with Crippen LogP contribution in [0, 0.1) is 11.3 Å². The second kappa shape index (κ2) is 4.43. The molecule has 2 nitrogen and oxygen atoms in total. The van der Waals surface area contributed by atoms with Crippen LogP contribution in [0.25, 0.3) is 0 Å². The summed E-state index contributed by atoms with van der Waals surface area (Å²) in [4.78, 5) is 0. The van der Waals surface area contributed by atoms with Gasteiger partial charge in [-0.15, -0.1) is 0 Å². The van der Waals surface area contributed by atoms with Gasteiger partial charge in [-0.2, -0.15) is 0 Å². The molecule has 0 heterocycles. The van der Waals surface area contributed by atoms with Crippen LogP contribution in [0.4, 0.5) is 0 Å². The molecule has 1 rings (SSSR count). The highest BCUT2D eigenvalue weighted by Crippen LogP contribution is 2.35. The fourth-order valence-electron chi connectivity index (χ4n) is 2.47. The molecule has 1 atom stereocenters. The molecule has 2 heteroatoms. The minimum absolute atomic E-state index is 0.0176. The smallest absolute Gasteiger partial charge is 0.0631 e. The maximum absolute atomic E-state index is 10.2. The molecule has 0 aromatic heterocycles. The molecule has 1 unspecified atom stereocenters. The molecule has 1 saturated carbocycles. The van der Waals surface area contributed by atoms with Crippen molar-refractivity contribution in [3.05, 3.63) is 0 Å². The van der Waals surface area contributed by atoms with Crippen LogP contribution in [-0.4, -0.2) is 24.8 Å². The lowest BCUT2D eigenvalue weighted by Crippen LogP contribution is -2.41. The lowest BCUT2D eigenvalue weighted by atomic mass is 9.79. The number of hydrogen-bond donors (Lipinski definition) is 2. The molecule has 0 aromatic rings. The first-order valence-corrected chi connectivity index (χ1v) is 5.40. The van der Waals surface area contributed by atoms with E-state index in [0.29, 0.717) is 5.92 Å². The minimum Gasteiger partial charge on any atom is -0.392 e. The SMILES string of the molecule is CNCC(C)(C)C(O)C1CCCC1. The van der Waals surface area contributed by atoms with Crippen molar-refractivity contribution in [1.82, 2.24) is 5.32 Å². The van der Waals surface area contributed by atoms with Gasteiger partial charge in [-0.05, 0) is 25.8 Å². The molecule has 1 aliphatic rings. The first kappa shape index (κ1) is 11.0. The van der Waals surface area contributed by atoms with Crippen LogP contribution >= 0.6 is 0 Å². The van der Waals surface area contributed by atoms with E-state index >= 15 is 0 Å². The van der Waals surface area contributed by atoms with E-state index in [1.807, 2.05) is 7.05 Å². The predicted octanol–water partition coefficient (Wildman–Crippen LogP) is 1.78. The Morgan fingerprint density at radius 2 is 1.92 bits per heavy atom. The van der Waals surface area contributed by atoms with Crippen LogP contribution in [0.3, 0.4) is 0 Å². The number of aliphatic hydroxyl groups excluding tert-OH is 1. The van der Waals surface area contributed by atoms with E-state index in [2.05, 4.69) is 19.2 Å². The zero-order valence-electron chi connectivity index (χ0n) is 9.14. The van der Waals surface area contributed by atoms with E-state index in [-0.39, 0.29) is 11.5 Å². The van der Waals surface area contributed by atoms with Crippen molar-refractivity contribution >= 4 is 0 Å². The molecular weight excluding hydrogens is 162 g/mol. The molecule has 1 fully saturated rings. The molecule has 0 saturated heterocycles. The highest BCUT2D eigenvalue weighted by molar-refractivity contribution is 4.86. The maximum atomic E-state index is 10.2. The summed E-state index contributed by atoms with van der Waals surface area (Å²) in [6, 6.07) is 0. The second-order valence-corrected chi connectivity index (χ2v) is 5.01. The van der Waals surface area contributed by atoms with Crippen molar-refractivity contribution < 1.29 is 5.11 Å². The van der Waals surface area contributed by atoms with Crippen LogP contribution in [0.2, 0.25) is 0 Å². The van der Waals surface area contributed by atoms with E-state index < -0.39 is 0 Å². The Bertz CT molecular complexity index is 150. The molecule has 2 N–H and O–H groups in total. The van der Waals surface area contributed by atoms with Crippen LogP contribution in [0.5, 0.6) is 0 Å². The lowest BCUT2D eigenvalue weighted by Gasteiger charge is -2.34. The summed E-state index contributed by atoms with van der Waals surface area (Å²) in [7, 11) is 1.95. The molecule has 78 valence electrons. The van der Waals surface area contributed by atoms with Crippen molar-refractivity contribution in [3.8, 4) is 0 Å². The lowest BCUT2D eigenvalue weighted by molar-refractivity contribution is 0.00479. The number of nitrogens with one attached hydrogen (secondary N) is 1. The van der Waals surface area contributed by atoms with Gasteiger partial charge >= 0.3 is 0 Å². The Kier molecular flexibility index (Phi) is 3.74. The van der Waals surface area contributed by atoms with E-state index in [1.165, 1.54) is 25.7 Å². The second-order valence-electron chi connectivity index (χ2n) is 5.01. The van der Waals surface area contributed by atoms with Gasteiger partial charge in [0.25, 0.3) is 0 Å². The summed E-state index contributed by atoms with van der Waals surface area (Å²) in [6.45, 7) is 5.18. The summed E-state index contributed by atoms with van der Waals surface area (Å²) >= 11 is 0. The third-order valence-electron chi connectivity index (χ3n) is 3.28. The van der Waals surface area contributed by atoms with Crippen molar-refractivity contribution in [2.24, 2.45) is 11.3 Å². The fraction of sp³-hybridized carbons (Fsp3) is 1.00. The summed E-state index contributed by atoms with van der Waals surface area (Å²) in [6.07, 6.45) is 4.90. The Balaban J connectivity index is 2.48. The van der Waals surface area contributed by atoms with Gasteiger partial charge in [0.05, 0.1) is 6.10 Å². The molecule has 0 aromatic carbocycles. The van der Waals surface area contributed by atoms with Crippen molar-refractivity contribution in [2.45, 2.75) is 45.6 Å². The van der Waals surface area contributed by atoms with Gasteiger partial charge in [0, 0.05) is 12.0 Å². The Hall–Kier alpha value is -0.0800. The quantitative estimate of drug-likeness (QED) is 0.700. The highest BCUT2D eigenvalue weighted by Gasteiger charge is 2.34. The van der Waals surface area contributed by atoms with Crippen molar-refractivity contribution in [3.63, 3.8) is 0 Å². The summed E-state index contributed by atoms with van der Waals surface area (Å²) in [5.74, 6) is 0.545. The molecule has 0 bridgehead atoms. The fourth-order valence-corrected chi connectivity index (χ4v) is 2.47. The Morgan fingerprint density at radius 1 is 1.38 bits per heavy atom. The summed E-state index contributed by atoms with van der Waals surface area (Å²) in [5, 5.41) is 13.3. The molecule has 13 heavy (non-hydrogen) atoms. The van der Waals surface area contributed by atoms with Gasteiger partial charge < -0.3 is 10.4 Å². The Morgan fingerprint density at radius 3 is 2.38 bits per heavy atom. The molecule has 0 radical (unpaired) electrons. The van der Waals surface area contributed by atoms with Gasteiger partial charge in [-0.25, -0.2) is 0 Å². The number of rotatable bonds is 4. The van der Waals surface area contributed by atoms with Crippen molar-refractivity contribution in [1.29, 1.82) is 0 Å². The van der Waals surface area contributed by atoms with Crippen LogP contribution in [-0.2, 0) is 0 Å². The van der Waals surface area contributed by atoms with Crippen LogP contribution < -0.4 is 5.32 Å². The zero-order chi connectivity index (χ0) is 9.90. The average molecular weight is 185 g/mol. The van der Waals surface area contributed by atoms with Gasteiger partial charge in [0.2, 0.25) is 0 Å². The van der Waals surface area contributed by atoms with E-state index in [0.717, 1.165) is 6.54 Å². The minimum atomic E-state index is -0.137. The molecular formula is C11H23NO. The summed E-state index contributed by atoms with van der Waals surface area (Å²) in [5.41, 5.74) is 0.0176. The van der Waals surface area contributed by atoms with Gasteiger partial charge in [-0.1, -0.05) is 26.7 Å². The van der Waals surface area contributed by atoms with Gasteiger partial charge in [0.1, 0.15) is 0 Å². The van der Waals surface area contributed by atoms with Gasteiger partial charge in [0.15, 0.2) is 0 Å². The topological polar surface area (TPSA) is 32.3 Å². The molecule has 0 amide bonds. The van der Waals surface area contributed by atoms with E-state index in [4.69, 9.17) is 0 Å². The zero-order valence-corrected chi connectivity index (χ0v) is 9.14. The molecule has 0 spiro atoms. The Labute approximate surface area is 81.7 Å². The van der Waals surface area contributed by atoms with Crippen LogP contribution in [0.15, 0.2) is 0 Å². The third-order valence-corrected chi connectivity index (χ3v) is 3.28. The maximum Gasteiger partial charge on any atom is 0.0631 e. The van der Waals surface area contributed by atoms with Gasteiger partial charge in [-0.3, -0.25) is 0 Å². The third kappa shape index (κ3) is 2.68. The standard InChI is InChI=1S/C11H23NO/c1-11(2,8-12-3)10(13)9-6-4-5-7-9/h9-10,12-13H,4-8H2,1-3H3. The first-order valence-electron chi connectivity index (χ1n) is 5.40. The van der Waals surface area contributed by atoms with Crippen molar-refractivity contribution in [2.75, 3.05) is 13.6 Å². The van der Waals surface area contributed by atoms with E-state index in [9.17, 15) is 5.11 Å². The molecule has 0 aliphatic heterocycles. The summed E-state index contributed by atoms with van der Waals surface area (Å²) < 4.78 is 0. The highest BCUT2D eigenvalue weighted by atomic mass is 16.3. The normalized spacial score (nSPS) is 22.2. The van der Waals surface area contributed by atoms with Crippen LogP contribution in [0.1, 0.15) is 39.5 Å². The van der Waals surface area contributed by atoms with E-state index in [1.54, 1.807) is 0 Å². The number of hydrogen-bond acceptors (Lipinski definition) is 2. The number of aliphatic hydroxyl groups is 1.